The normalized spacial score (nSPS) is 35.4. The third-order valence-electron chi connectivity index (χ3n) is 4.23. The fraction of sp³-hybridized carbons (Fsp3) is 0.846. The average Bonchev–Trinajstić information content (AvgIpc) is 2.83. The Bertz CT molecular complexity index is 366. The monoisotopic (exact) mass is 270 g/mol. The number of ether oxygens (including phenoxy) is 1. The number of carboxylic acid groups (broad SMARTS) is 1. The Labute approximate surface area is 113 Å². The van der Waals surface area contributed by atoms with Crippen molar-refractivity contribution in [3.63, 3.8) is 0 Å². The van der Waals surface area contributed by atoms with E-state index in [0.29, 0.717) is 13.0 Å². The van der Waals surface area contributed by atoms with Crippen molar-refractivity contribution in [3.05, 3.63) is 0 Å². The number of carbonyl (C=O) groups excluding carboxylic acids is 1. The standard InChI is InChI=1S/C13H22N2O4/c1-13(5-3-4-6-14-13)12(18)15-8-9(19-2)7-10(15)11(16)17/h9-10,14H,3-8H2,1-2H3,(H,16,17). The fourth-order valence-corrected chi connectivity index (χ4v) is 2.98. The third-order valence-corrected chi connectivity index (χ3v) is 4.23. The van der Waals surface area contributed by atoms with Gasteiger partial charge in [-0.1, -0.05) is 0 Å². The molecule has 2 aliphatic rings. The van der Waals surface area contributed by atoms with Crippen molar-refractivity contribution < 1.29 is 19.4 Å². The van der Waals surface area contributed by atoms with Crippen molar-refractivity contribution >= 4 is 11.9 Å². The maximum absolute atomic E-state index is 12.6. The Morgan fingerprint density at radius 1 is 1.42 bits per heavy atom. The molecule has 2 saturated heterocycles. The molecule has 6 nitrogen and oxygen atoms in total. The number of rotatable bonds is 3. The Morgan fingerprint density at radius 3 is 2.68 bits per heavy atom. The molecular weight excluding hydrogens is 248 g/mol. The summed E-state index contributed by atoms with van der Waals surface area (Å²) in [6.45, 7) is 3.04. The van der Waals surface area contributed by atoms with Gasteiger partial charge in [0.25, 0.3) is 0 Å². The highest BCUT2D eigenvalue weighted by Crippen LogP contribution is 2.27. The fourth-order valence-electron chi connectivity index (χ4n) is 2.98. The van der Waals surface area contributed by atoms with Gasteiger partial charge in [-0.15, -0.1) is 0 Å². The van der Waals surface area contributed by atoms with Crippen LogP contribution in [0.5, 0.6) is 0 Å². The molecule has 0 aromatic carbocycles. The molecule has 0 bridgehead atoms. The molecule has 2 heterocycles. The lowest BCUT2D eigenvalue weighted by Gasteiger charge is -2.37. The van der Waals surface area contributed by atoms with Crippen molar-refractivity contribution in [2.24, 2.45) is 0 Å². The number of nitrogens with zero attached hydrogens (tertiary/aromatic N) is 1. The van der Waals surface area contributed by atoms with Crippen LogP contribution in [0.3, 0.4) is 0 Å². The molecule has 0 aliphatic carbocycles. The van der Waals surface area contributed by atoms with Crippen LogP contribution in [0.15, 0.2) is 0 Å². The molecule has 0 aromatic heterocycles. The number of piperidine rings is 1. The highest BCUT2D eigenvalue weighted by atomic mass is 16.5. The van der Waals surface area contributed by atoms with Gasteiger partial charge in [0.05, 0.1) is 11.6 Å². The summed E-state index contributed by atoms with van der Waals surface area (Å²) >= 11 is 0. The first-order valence-electron chi connectivity index (χ1n) is 6.79. The summed E-state index contributed by atoms with van der Waals surface area (Å²) in [5.74, 6) is -1.06. The third kappa shape index (κ3) is 2.74. The lowest BCUT2D eigenvalue weighted by atomic mass is 9.89. The van der Waals surface area contributed by atoms with Crippen LogP contribution < -0.4 is 5.32 Å². The van der Waals surface area contributed by atoms with E-state index in [4.69, 9.17) is 4.74 Å². The van der Waals surface area contributed by atoms with Gasteiger partial charge < -0.3 is 20.1 Å². The molecule has 0 radical (unpaired) electrons. The SMILES string of the molecule is COC1CC(C(=O)O)N(C(=O)C2(C)CCCCN2)C1. The van der Waals surface area contributed by atoms with Gasteiger partial charge in [0.2, 0.25) is 5.91 Å². The molecule has 6 heteroatoms. The largest absolute Gasteiger partial charge is 0.480 e. The second-order valence-electron chi connectivity index (χ2n) is 5.62. The Morgan fingerprint density at radius 2 is 2.16 bits per heavy atom. The van der Waals surface area contributed by atoms with Gasteiger partial charge >= 0.3 is 5.97 Å². The Kier molecular flexibility index (Phi) is 4.10. The summed E-state index contributed by atoms with van der Waals surface area (Å²) in [4.78, 5) is 25.4. The molecular formula is C13H22N2O4. The predicted molar refractivity (Wildman–Crippen MR) is 68.8 cm³/mol. The van der Waals surface area contributed by atoms with Crippen LogP contribution >= 0.6 is 0 Å². The Hall–Kier alpha value is -1.14. The maximum atomic E-state index is 12.6. The van der Waals surface area contributed by atoms with Crippen molar-refractivity contribution in [2.45, 2.75) is 50.3 Å². The molecule has 0 spiro atoms. The summed E-state index contributed by atoms with van der Waals surface area (Å²) < 4.78 is 5.21. The number of hydrogen-bond donors (Lipinski definition) is 2. The second kappa shape index (κ2) is 5.46. The highest BCUT2D eigenvalue weighted by Gasteiger charge is 2.46. The van der Waals surface area contributed by atoms with Gasteiger partial charge in [-0.2, -0.15) is 0 Å². The number of carboxylic acids is 1. The minimum atomic E-state index is -0.952. The second-order valence-corrected chi connectivity index (χ2v) is 5.62. The van der Waals surface area contributed by atoms with Crippen molar-refractivity contribution in [3.8, 4) is 0 Å². The molecule has 0 aromatic rings. The van der Waals surface area contributed by atoms with E-state index >= 15 is 0 Å². The highest BCUT2D eigenvalue weighted by molar-refractivity contribution is 5.90. The van der Waals surface area contributed by atoms with Gasteiger partial charge in [0.15, 0.2) is 0 Å². The van der Waals surface area contributed by atoms with E-state index < -0.39 is 17.6 Å². The average molecular weight is 270 g/mol. The molecule has 2 aliphatic heterocycles. The quantitative estimate of drug-likeness (QED) is 0.767. The smallest absolute Gasteiger partial charge is 0.326 e. The first-order chi connectivity index (χ1) is 8.98. The summed E-state index contributed by atoms with van der Waals surface area (Å²) in [5, 5.41) is 12.5. The zero-order chi connectivity index (χ0) is 14.0. The van der Waals surface area contributed by atoms with Crippen LogP contribution in [0.1, 0.15) is 32.6 Å². The summed E-state index contributed by atoms with van der Waals surface area (Å²) in [6, 6.07) is -0.766. The zero-order valence-electron chi connectivity index (χ0n) is 11.5. The number of hydrogen-bond acceptors (Lipinski definition) is 4. The van der Waals surface area contributed by atoms with Crippen molar-refractivity contribution in [1.29, 1.82) is 0 Å². The van der Waals surface area contributed by atoms with E-state index in [1.165, 1.54) is 4.90 Å². The number of amides is 1. The first kappa shape index (κ1) is 14.3. The van der Waals surface area contributed by atoms with Crippen LogP contribution in [0, 0.1) is 0 Å². The van der Waals surface area contributed by atoms with E-state index in [-0.39, 0.29) is 12.0 Å². The molecule has 2 rings (SSSR count). The molecule has 0 saturated carbocycles. The van der Waals surface area contributed by atoms with Gasteiger partial charge in [-0.3, -0.25) is 4.79 Å². The minimum absolute atomic E-state index is 0.112. The van der Waals surface area contributed by atoms with Crippen LogP contribution in [0.4, 0.5) is 0 Å². The van der Waals surface area contributed by atoms with E-state index in [0.717, 1.165) is 25.8 Å². The maximum Gasteiger partial charge on any atom is 0.326 e. The predicted octanol–water partition coefficient (Wildman–Crippen LogP) is 0.219. The zero-order valence-corrected chi connectivity index (χ0v) is 11.5. The lowest BCUT2D eigenvalue weighted by Crippen LogP contribution is -2.59. The number of likely N-dealkylation sites (tertiary alicyclic amines) is 1. The molecule has 3 atom stereocenters. The molecule has 3 unspecified atom stereocenters. The molecule has 108 valence electrons. The topological polar surface area (TPSA) is 78.9 Å². The minimum Gasteiger partial charge on any atom is -0.480 e. The molecule has 2 fully saturated rings. The van der Waals surface area contributed by atoms with E-state index in [9.17, 15) is 14.7 Å². The number of nitrogens with one attached hydrogen (secondary N) is 1. The summed E-state index contributed by atoms with van der Waals surface area (Å²) in [6.07, 6.45) is 3.00. The lowest BCUT2D eigenvalue weighted by molar-refractivity contribution is -0.151. The van der Waals surface area contributed by atoms with Crippen LogP contribution in [0.2, 0.25) is 0 Å². The van der Waals surface area contributed by atoms with Gasteiger partial charge in [0, 0.05) is 20.1 Å². The van der Waals surface area contributed by atoms with Gasteiger partial charge in [-0.25, -0.2) is 4.79 Å². The number of carbonyl (C=O) groups is 2. The Balaban J connectivity index is 2.14. The molecule has 19 heavy (non-hydrogen) atoms. The van der Waals surface area contributed by atoms with Gasteiger partial charge in [0.1, 0.15) is 6.04 Å². The number of methoxy groups -OCH3 is 1. The van der Waals surface area contributed by atoms with Crippen LogP contribution in [-0.2, 0) is 14.3 Å². The van der Waals surface area contributed by atoms with Crippen molar-refractivity contribution in [2.75, 3.05) is 20.2 Å². The number of aliphatic carboxylic acids is 1. The van der Waals surface area contributed by atoms with E-state index in [1.54, 1.807) is 7.11 Å². The summed E-state index contributed by atoms with van der Waals surface area (Å²) in [5.41, 5.74) is -0.630. The van der Waals surface area contributed by atoms with Crippen LogP contribution in [-0.4, -0.2) is 59.8 Å². The van der Waals surface area contributed by atoms with Crippen LogP contribution in [0.25, 0.3) is 0 Å². The van der Waals surface area contributed by atoms with Gasteiger partial charge in [-0.05, 0) is 32.7 Å². The first-order valence-corrected chi connectivity index (χ1v) is 6.79. The van der Waals surface area contributed by atoms with Crippen molar-refractivity contribution in [1.82, 2.24) is 10.2 Å². The van der Waals surface area contributed by atoms with E-state index in [1.807, 2.05) is 6.92 Å². The summed E-state index contributed by atoms with van der Waals surface area (Å²) in [7, 11) is 1.55. The van der Waals surface area contributed by atoms with E-state index in [2.05, 4.69) is 5.32 Å². The molecule has 1 amide bonds. The molecule has 2 N–H and O–H groups in total.